The Labute approximate surface area is 161 Å². The van der Waals surface area contributed by atoms with Crippen LogP contribution in [-0.4, -0.2) is 29.9 Å². The van der Waals surface area contributed by atoms with E-state index in [1.165, 1.54) is 11.8 Å². The Morgan fingerprint density at radius 1 is 1.19 bits per heavy atom. The van der Waals surface area contributed by atoms with Crippen molar-refractivity contribution in [2.75, 3.05) is 19.0 Å². The van der Waals surface area contributed by atoms with E-state index >= 15 is 0 Å². The minimum atomic E-state index is -0.0856. The van der Waals surface area contributed by atoms with Crippen LogP contribution in [0.25, 0.3) is 11.1 Å². The number of carbonyl (C=O) groups excluding carboxylic acids is 1. The molecule has 7 heteroatoms. The first-order valence-corrected chi connectivity index (χ1v) is 9.89. The van der Waals surface area contributed by atoms with Crippen LogP contribution in [0.3, 0.4) is 0 Å². The Hall–Kier alpha value is -2.67. The SMILES string of the molecule is CCC(NC(=O)CSc1nc2ccccc2o1)c1ccc2c(c1)OCCO2. The summed E-state index contributed by atoms with van der Waals surface area (Å²) in [5.41, 5.74) is 2.52. The molecule has 0 saturated heterocycles. The lowest BCUT2D eigenvalue weighted by Gasteiger charge is -2.22. The van der Waals surface area contributed by atoms with Crippen LogP contribution in [0.15, 0.2) is 52.1 Å². The number of nitrogens with one attached hydrogen (secondary N) is 1. The minimum Gasteiger partial charge on any atom is -0.486 e. The van der Waals surface area contributed by atoms with Crippen LogP contribution in [0.4, 0.5) is 0 Å². The van der Waals surface area contributed by atoms with E-state index in [4.69, 9.17) is 13.9 Å². The van der Waals surface area contributed by atoms with Gasteiger partial charge in [0.15, 0.2) is 17.1 Å². The maximum absolute atomic E-state index is 12.4. The second-order valence-corrected chi connectivity index (χ2v) is 7.09. The second kappa shape index (κ2) is 7.92. The summed E-state index contributed by atoms with van der Waals surface area (Å²) in [6, 6.07) is 13.3. The number of aromatic nitrogens is 1. The van der Waals surface area contributed by atoms with Crippen LogP contribution < -0.4 is 14.8 Å². The van der Waals surface area contributed by atoms with E-state index in [1.54, 1.807) is 0 Å². The Bertz CT molecular complexity index is 923. The van der Waals surface area contributed by atoms with Gasteiger partial charge in [0.05, 0.1) is 11.8 Å². The molecule has 1 amide bonds. The molecule has 27 heavy (non-hydrogen) atoms. The van der Waals surface area contributed by atoms with Gasteiger partial charge < -0.3 is 19.2 Å². The number of nitrogens with zero attached hydrogens (tertiary/aromatic N) is 1. The van der Waals surface area contributed by atoms with Crippen LogP contribution in [0.5, 0.6) is 11.5 Å². The molecule has 0 spiro atoms. The van der Waals surface area contributed by atoms with Gasteiger partial charge in [0.25, 0.3) is 5.22 Å². The van der Waals surface area contributed by atoms with Crippen molar-refractivity contribution in [1.82, 2.24) is 10.3 Å². The third-order valence-electron chi connectivity index (χ3n) is 4.31. The molecule has 0 fully saturated rings. The van der Waals surface area contributed by atoms with Gasteiger partial charge in [-0.1, -0.05) is 36.9 Å². The Morgan fingerprint density at radius 3 is 2.81 bits per heavy atom. The zero-order chi connectivity index (χ0) is 18.6. The quantitative estimate of drug-likeness (QED) is 0.649. The number of carbonyl (C=O) groups is 1. The molecule has 0 bridgehead atoms. The average molecular weight is 384 g/mol. The summed E-state index contributed by atoms with van der Waals surface area (Å²) in [7, 11) is 0. The molecular formula is C20H20N2O4S. The van der Waals surface area contributed by atoms with Crippen molar-refractivity contribution >= 4 is 28.8 Å². The zero-order valence-electron chi connectivity index (χ0n) is 14.9. The number of ether oxygens (including phenoxy) is 2. The number of amides is 1. The van der Waals surface area contributed by atoms with Crippen LogP contribution in [0.2, 0.25) is 0 Å². The largest absolute Gasteiger partial charge is 0.486 e. The van der Waals surface area contributed by atoms with E-state index in [0.717, 1.165) is 34.6 Å². The van der Waals surface area contributed by atoms with Crippen LogP contribution in [0, 0.1) is 0 Å². The summed E-state index contributed by atoms with van der Waals surface area (Å²) >= 11 is 1.29. The number of hydrogen-bond acceptors (Lipinski definition) is 6. The van der Waals surface area contributed by atoms with Gasteiger partial charge in [-0.3, -0.25) is 4.79 Å². The minimum absolute atomic E-state index is 0.0657. The molecule has 140 valence electrons. The molecule has 1 N–H and O–H groups in total. The molecule has 3 aromatic rings. The van der Waals surface area contributed by atoms with E-state index in [9.17, 15) is 4.79 Å². The fourth-order valence-corrected chi connectivity index (χ4v) is 3.62. The third kappa shape index (κ3) is 4.03. The van der Waals surface area contributed by atoms with E-state index in [0.29, 0.717) is 18.4 Å². The highest BCUT2D eigenvalue weighted by Gasteiger charge is 2.18. The first kappa shape index (κ1) is 17.7. The van der Waals surface area contributed by atoms with E-state index in [1.807, 2.05) is 49.4 Å². The number of oxazole rings is 1. The van der Waals surface area contributed by atoms with Gasteiger partial charge in [0.1, 0.15) is 18.7 Å². The lowest BCUT2D eigenvalue weighted by atomic mass is 10.0. The molecule has 0 saturated carbocycles. The normalized spacial score (nSPS) is 14.1. The van der Waals surface area contributed by atoms with E-state index < -0.39 is 0 Å². The van der Waals surface area contributed by atoms with Crippen LogP contribution >= 0.6 is 11.8 Å². The molecule has 2 aromatic carbocycles. The summed E-state index contributed by atoms with van der Waals surface area (Å²) in [5.74, 6) is 1.66. The van der Waals surface area contributed by atoms with Crippen molar-refractivity contribution in [2.24, 2.45) is 0 Å². The van der Waals surface area contributed by atoms with Gasteiger partial charge in [-0.15, -0.1) is 0 Å². The predicted molar refractivity (Wildman–Crippen MR) is 103 cm³/mol. The molecule has 6 nitrogen and oxygen atoms in total. The van der Waals surface area contributed by atoms with Crippen LogP contribution in [-0.2, 0) is 4.79 Å². The highest BCUT2D eigenvalue weighted by atomic mass is 32.2. The van der Waals surface area contributed by atoms with Crippen molar-refractivity contribution in [1.29, 1.82) is 0 Å². The molecule has 4 rings (SSSR count). The lowest BCUT2D eigenvalue weighted by Crippen LogP contribution is -2.29. The number of para-hydroxylation sites is 2. The summed E-state index contributed by atoms with van der Waals surface area (Å²) < 4.78 is 16.8. The second-order valence-electron chi connectivity index (χ2n) is 6.17. The number of thioether (sulfide) groups is 1. The highest BCUT2D eigenvalue weighted by Crippen LogP contribution is 2.33. The molecule has 0 radical (unpaired) electrons. The van der Waals surface area contributed by atoms with Crippen molar-refractivity contribution in [2.45, 2.75) is 24.6 Å². The van der Waals surface area contributed by atoms with Gasteiger partial charge in [-0.25, -0.2) is 4.98 Å². The smallest absolute Gasteiger partial charge is 0.257 e. The number of benzene rings is 2. The van der Waals surface area contributed by atoms with Gasteiger partial charge in [-0.05, 0) is 36.2 Å². The predicted octanol–water partition coefficient (Wildman–Crippen LogP) is 3.96. The molecule has 1 atom stereocenters. The first-order chi connectivity index (χ1) is 13.2. The molecule has 1 aromatic heterocycles. The van der Waals surface area contributed by atoms with E-state index in [-0.39, 0.29) is 17.7 Å². The maximum atomic E-state index is 12.4. The summed E-state index contributed by atoms with van der Waals surface area (Å²) in [6.45, 7) is 3.14. The van der Waals surface area contributed by atoms with Gasteiger partial charge in [0.2, 0.25) is 5.91 Å². The van der Waals surface area contributed by atoms with Crippen molar-refractivity contribution < 1.29 is 18.7 Å². The molecule has 0 aliphatic carbocycles. The average Bonchev–Trinajstić information content (AvgIpc) is 3.13. The molecule has 1 aliphatic rings. The van der Waals surface area contributed by atoms with Crippen molar-refractivity contribution in [3.8, 4) is 11.5 Å². The number of rotatable bonds is 6. The third-order valence-corrected chi connectivity index (χ3v) is 5.14. The lowest BCUT2D eigenvalue weighted by molar-refractivity contribution is -0.119. The summed E-state index contributed by atoms with van der Waals surface area (Å²) in [6.07, 6.45) is 0.777. The summed E-state index contributed by atoms with van der Waals surface area (Å²) in [5, 5.41) is 3.57. The topological polar surface area (TPSA) is 73.6 Å². The van der Waals surface area contributed by atoms with Crippen LogP contribution in [0.1, 0.15) is 24.9 Å². The first-order valence-electron chi connectivity index (χ1n) is 8.90. The number of hydrogen-bond donors (Lipinski definition) is 1. The Kier molecular flexibility index (Phi) is 5.20. The van der Waals surface area contributed by atoms with Crippen molar-refractivity contribution in [3.63, 3.8) is 0 Å². The van der Waals surface area contributed by atoms with Crippen molar-refractivity contribution in [3.05, 3.63) is 48.0 Å². The standard InChI is InChI=1S/C20H20N2O4S/c1-2-14(13-7-8-17-18(11-13)25-10-9-24-17)21-19(23)12-27-20-22-15-5-3-4-6-16(15)26-20/h3-8,11,14H,2,9-10,12H2,1H3,(H,21,23). The van der Waals surface area contributed by atoms with Gasteiger partial charge >= 0.3 is 0 Å². The van der Waals surface area contributed by atoms with Gasteiger partial charge in [0, 0.05) is 0 Å². The maximum Gasteiger partial charge on any atom is 0.257 e. The molecular weight excluding hydrogens is 364 g/mol. The van der Waals surface area contributed by atoms with E-state index in [2.05, 4.69) is 10.3 Å². The number of fused-ring (bicyclic) bond motifs is 2. The Balaban J connectivity index is 1.38. The molecule has 2 heterocycles. The summed E-state index contributed by atoms with van der Waals surface area (Å²) in [4.78, 5) is 16.8. The fourth-order valence-electron chi connectivity index (χ4n) is 2.97. The monoisotopic (exact) mass is 384 g/mol. The van der Waals surface area contributed by atoms with Gasteiger partial charge in [-0.2, -0.15) is 0 Å². The molecule has 1 unspecified atom stereocenters. The Morgan fingerprint density at radius 2 is 2.00 bits per heavy atom. The fraction of sp³-hybridized carbons (Fsp3) is 0.300. The highest BCUT2D eigenvalue weighted by molar-refractivity contribution is 7.99. The zero-order valence-corrected chi connectivity index (χ0v) is 15.8. The molecule has 1 aliphatic heterocycles.